The zero-order valence-corrected chi connectivity index (χ0v) is 11.3. The summed E-state index contributed by atoms with van der Waals surface area (Å²) in [6, 6.07) is 14.0. The average molecular weight is 269 g/mol. The van der Waals surface area contributed by atoms with E-state index in [1.807, 2.05) is 31.2 Å². The van der Waals surface area contributed by atoms with Crippen LogP contribution >= 0.6 is 0 Å². The number of carbonyl (C=O) groups is 1. The Morgan fingerprint density at radius 2 is 1.85 bits per heavy atom. The summed E-state index contributed by atoms with van der Waals surface area (Å²) >= 11 is 0. The number of hydrogen-bond acceptors (Lipinski definition) is 1. The Kier molecular flexibility index (Phi) is 3.05. The molecule has 0 bridgehead atoms. The van der Waals surface area contributed by atoms with E-state index in [1.54, 1.807) is 12.1 Å². The molecule has 1 saturated carbocycles. The van der Waals surface area contributed by atoms with Gasteiger partial charge in [0, 0.05) is 5.69 Å². The first-order valence-electron chi connectivity index (χ1n) is 6.74. The second-order valence-electron chi connectivity index (χ2n) is 5.41. The third-order valence-corrected chi connectivity index (χ3v) is 3.87. The molecule has 0 spiro atoms. The lowest BCUT2D eigenvalue weighted by molar-refractivity contribution is -0.118. The lowest BCUT2D eigenvalue weighted by Gasteiger charge is -2.16. The van der Waals surface area contributed by atoms with Gasteiger partial charge in [0.05, 0.1) is 5.41 Å². The highest BCUT2D eigenvalue weighted by Gasteiger charge is 2.51. The fraction of sp³-hybridized carbons (Fsp3) is 0.235. The molecule has 0 heterocycles. The molecule has 1 amide bonds. The summed E-state index contributed by atoms with van der Waals surface area (Å²) < 4.78 is 13.1. The molecule has 0 atom stereocenters. The van der Waals surface area contributed by atoms with Crippen LogP contribution in [0.1, 0.15) is 24.0 Å². The van der Waals surface area contributed by atoms with Crippen LogP contribution in [0.15, 0.2) is 48.5 Å². The Labute approximate surface area is 117 Å². The smallest absolute Gasteiger partial charge is 0.235 e. The number of benzene rings is 2. The second kappa shape index (κ2) is 4.75. The highest BCUT2D eigenvalue weighted by molar-refractivity contribution is 6.01. The van der Waals surface area contributed by atoms with Crippen LogP contribution in [0.2, 0.25) is 0 Å². The third kappa shape index (κ3) is 2.31. The van der Waals surface area contributed by atoms with Gasteiger partial charge in [0.2, 0.25) is 5.91 Å². The Hall–Kier alpha value is -2.16. The van der Waals surface area contributed by atoms with Crippen molar-refractivity contribution >= 4 is 11.6 Å². The fourth-order valence-electron chi connectivity index (χ4n) is 2.46. The molecule has 1 N–H and O–H groups in total. The maximum Gasteiger partial charge on any atom is 0.235 e. The SMILES string of the molecule is Cc1ccc(C2(C(=O)Nc3cccc(F)c3)CC2)cc1. The van der Waals surface area contributed by atoms with Crippen molar-refractivity contribution in [1.82, 2.24) is 0 Å². The number of halogens is 1. The first-order valence-corrected chi connectivity index (χ1v) is 6.74. The van der Waals surface area contributed by atoms with Crippen molar-refractivity contribution in [2.24, 2.45) is 0 Å². The van der Waals surface area contributed by atoms with Crippen LogP contribution < -0.4 is 5.32 Å². The van der Waals surface area contributed by atoms with Gasteiger partial charge in [0.25, 0.3) is 0 Å². The summed E-state index contributed by atoms with van der Waals surface area (Å²) in [5, 5.41) is 2.82. The molecule has 2 aromatic carbocycles. The van der Waals surface area contributed by atoms with Gasteiger partial charge in [-0.3, -0.25) is 4.79 Å². The number of carbonyl (C=O) groups excluding carboxylic acids is 1. The average Bonchev–Trinajstić information content (AvgIpc) is 3.21. The number of rotatable bonds is 3. The molecule has 20 heavy (non-hydrogen) atoms. The molecule has 102 valence electrons. The number of nitrogens with one attached hydrogen (secondary N) is 1. The van der Waals surface area contributed by atoms with Crippen molar-refractivity contribution in [2.75, 3.05) is 5.32 Å². The molecular weight excluding hydrogens is 253 g/mol. The molecule has 0 aromatic heterocycles. The van der Waals surface area contributed by atoms with Crippen molar-refractivity contribution < 1.29 is 9.18 Å². The van der Waals surface area contributed by atoms with E-state index < -0.39 is 5.41 Å². The molecule has 0 saturated heterocycles. The zero-order valence-electron chi connectivity index (χ0n) is 11.3. The Bertz CT molecular complexity index is 644. The van der Waals surface area contributed by atoms with Gasteiger partial charge in [-0.15, -0.1) is 0 Å². The molecule has 1 fully saturated rings. The van der Waals surface area contributed by atoms with Crippen LogP contribution in [0, 0.1) is 12.7 Å². The van der Waals surface area contributed by atoms with Gasteiger partial charge in [-0.25, -0.2) is 4.39 Å². The number of anilines is 1. The Morgan fingerprint density at radius 1 is 1.15 bits per heavy atom. The minimum Gasteiger partial charge on any atom is -0.325 e. The number of aryl methyl sites for hydroxylation is 1. The molecule has 1 aliphatic rings. The molecule has 0 aliphatic heterocycles. The van der Waals surface area contributed by atoms with Crippen molar-refractivity contribution in [2.45, 2.75) is 25.2 Å². The molecule has 0 unspecified atom stereocenters. The topological polar surface area (TPSA) is 29.1 Å². The second-order valence-corrected chi connectivity index (χ2v) is 5.41. The van der Waals surface area contributed by atoms with Crippen LogP contribution in [-0.2, 0) is 10.2 Å². The predicted molar refractivity (Wildman–Crippen MR) is 77.1 cm³/mol. The minimum atomic E-state index is -0.431. The third-order valence-electron chi connectivity index (χ3n) is 3.87. The van der Waals surface area contributed by atoms with Gasteiger partial charge in [-0.05, 0) is 43.5 Å². The molecule has 2 aromatic rings. The maximum atomic E-state index is 13.1. The standard InChI is InChI=1S/C17H16FNO/c1-12-5-7-13(8-6-12)17(9-10-17)16(20)19-15-4-2-3-14(18)11-15/h2-8,11H,9-10H2,1H3,(H,19,20). The normalized spacial score (nSPS) is 15.7. The predicted octanol–water partition coefficient (Wildman–Crippen LogP) is 3.80. The van der Waals surface area contributed by atoms with Crippen molar-refractivity contribution in [3.8, 4) is 0 Å². The van der Waals surface area contributed by atoms with E-state index in [9.17, 15) is 9.18 Å². The largest absolute Gasteiger partial charge is 0.325 e. The first kappa shape index (κ1) is 12.9. The Morgan fingerprint density at radius 3 is 2.45 bits per heavy atom. The van der Waals surface area contributed by atoms with E-state index >= 15 is 0 Å². The van der Waals surface area contributed by atoms with Gasteiger partial charge in [-0.2, -0.15) is 0 Å². The minimum absolute atomic E-state index is 0.0491. The monoisotopic (exact) mass is 269 g/mol. The molecule has 2 nitrogen and oxygen atoms in total. The van der Waals surface area contributed by atoms with E-state index in [0.717, 1.165) is 18.4 Å². The van der Waals surface area contributed by atoms with Crippen molar-refractivity contribution in [1.29, 1.82) is 0 Å². The van der Waals surface area contributed by atoms with Gasteiger partial charge < -0.3 is 5.32 Å². The van der Waals surface area contributed by atoms with E-state index in [2.05, 4.69) is 5.32 Å². The Balaban J connectivity index is 1.81. The summed E-state index contributed by atoms with van der Waals surface area (Å²) in [6.45, 7) is 2.02. The van der Waals surface area contributed by atoms with E-state index in [0.29, 0.717) is 5.69 Å². The van der Waals surface area contributed by atoms with E-state index in [-0.39, 0.29) is 11.7 Å². The van der Waals surface area contributed by atoms with Crippen LogP contribution in [0.3, 0.4) is 0 Å². The summed E-state index contributed by atoms with van der Waals surface area (Å²) in [6.07, 6.45) is 1.69. The molecule has 3 rings (SSSR count). The molecular formula is C17H16FNO. The van der Waals surface area contributed by atoms with Crippen LogP contribution in [0.25, 0.3) is 0 Å². The van der Waals surface area contributed by atoms with E-state index in [4.69, 9.17) is 0 Å². The van der Waals surface area contributed by atoms with Gasteiger partial charge in [0.1, 0.15) is 5.82 Å². The van der Waals surface area contributed by atoms with Crippen LogP contribution in [0.5, 0.6) is 0 Å². The quantitative estimate of drug-likeness (QED) is 0.902. The van der Waals surface area contributed by atoms with Crippen LogP contribution in [-0.4, -0.2) is 5.91 Å². The zero-order chi connectivity index (χ0) is 14.2. The number of amides is 1. The van der Waals surface area contributed by atoms with Gasteiger partial charge in [0.15, 0.2) is 0 Å². The van der Waals surface area contributed by atoms with Gasteiger partial charge in [-0.1, -0.05) is 35.9 Å². The summed E-state index contributed by atoms with van der Waals surface area (Å²) in [5.41, 5.74) is 2.29. The molecule has 1 aliphatic carbocycles. The maximum absolute atomic E-state index is 13.1. The van der Waals surface area contributed by atoms with Gasteiger partial charge >= 0.3 is 0 Å². The first-order chi connectivity index (χ1) is 9.60. The molecule has 3 heteroatoms. The highest BCUT2D eigenvalue weighted by Crippen LogP contribution is 2.49. The van der Waals surface area contributed by atoms with Crippen molar-refractivity contribution in [3.05, 3.63) is 65.5 Å². The number of hydrogen-bond donors (Lipinski definition) is 1. The molecule has 0 radical (unpaired) electrons. The highest BCUT2D eigenvalue weighted by atomic mass is 19.1. The summed E-state index contributed by atoms with van der Waals surface area (Å²) in [7, 11) is 0. The summed E-state index contributed by atoms with van der Waals surface area (Å²) in [5.74, 6) is -0.394. The summed E-state index contributed by atoms with van der Waals surface area (Å²) in [4.78, 5) is 12.5. The van der Waals surface area contributed by atoms with E-state index in [1.165, 1.54) is 17.7 Å². The lowest BCUT2D eigenvalue weighted by atomic mass is 9.94. The fourth-order valence-corrected chi connectivity index (χ4v) is 2.46. The van der Waals surface area contributed by atoms with Crippen LogP contribution in [0.4, 0.5) is 10.1 Å². The van der Waals surface area contributed by atoms with Crippen molar-refractivity contribution in [3.63, 3.8) is 0 Å². The lowest BCUT2D eigenvalue weighted by Crippen LogP contribution is -2.27.